The molecule has 0 aromatic heterocycles. The summed E-state index contributed by atoms with van der Waals surface area (Å²) in [6, 6.07) is 7.14. The molecule has 0 saturated heterocycles. The van der Waals surface area contributed by atoms with Crippen LogP contribution >= 0.6 is 0 Å². The molecule has 0 aliphatic carbocycles. The second-order valence-corrected chi connectivity index (χ2v) is 9.85. The number of aromatic hydroxyl groups is 1. The fourth-order valence-electron chi connectivity index (χ4n) is 3.04. The molecule has 0 fully saturated rings. The summed E-state index contributed by atoms with van der Waals surface area (Å²) in [5.74, 6) is -52.8. The normalized spacial score (nSPS) is 15.1. The molecule has 0 heterocycles. The van der Waals surface area contributed by atoms with Crippen LogP contribution in [-0.2, 0) is 10.0 Å². The van der Waals surface area contributed by atoms with E-state index in [0.717, 1.165) is 42.5 Å². The summed E-state index contributed by atoms with van der Waals surface area (Å²) in [4.78, 5) is 0. The Hall–Kier alpha value is -3.20. The van der Waals surface area contributed by atoms with Crippen LogP contribution in [0, 0.1) is 0 Å². The van der Waals surface area contributed by atoms with E-state index in [0.29, 0.717) is 10.8 Å². The molecular weight excluding hydrogens is 657 g/mol. The number of alkyl halides is 17. The number of anilines is 1. The molecule has 0 spiro atoms. The lowest BCUT2D eigenvalue weighted by molar-refractivity contribution is -0.458. The number of hydrogen-bond donors (Lipinski definition) is 2. The third-order valence-corrected chi connectivity index (χ3v) is 6.82. The summed E-state index contributed by atoms with van der Waals surface area (Å²) in [6.07, 6.45) is -7.91. The number of para-hydroxylation sites is 2. The molecule has 0 aliphatic heterocycles. The number of nitrogens with one attached hydrogen (secondary N) is 1. The largest absolute Gasteiger partial charge is 0.507 e. The van der Waals surface area contributed by atoms with Crippen LogP contribution in [0.1, 0.15) is 0 Å². The summed E-state index contributed by atoms with van der Waals surface area (Å²) in [6.45, 7) is 0. The molecule has 0 amide bonds. The minimum absolute atomic E-state index is 0.439. The maximum absolute atomic E-state index is 14.4. The van der Waals surface area contributed by atoms with Gasteiger partial charge in [0.15, 0.2) is 0 Å². The van der Waals surface area contributed by atoms with Crippen molar-refractivity contribution in [1.29, 1.82) is 0 Å². The third-order valence-electron chi connectivity index (χ3n) is 5.40. The van der Waals surface area contributed by atoms with Crippen molar-refractivity contribution in [2.75, 3.05) is 4.72 Å². The molecular formula is C20H10F17NO3S. The second kappa shape index (κ2) is 9.93. The molecule has 42 heavy (non-hydrogen) atoms. The van der Waals surface area contributed by atoms with Crippen LogP contribution in [0.5, 0.6) is 5.75 Å². The highest BCUT2D eigenvalue weighted by atomic mass is 32.2. The minimum atomic E-state index is -8.92. The van der Waals surface area contributed by atoms with Gasteiger partial charge in [-0.25, -0.2) is 0 Å². The first-order valence-corrected chi connectivity index (χ1v) is 11.6. The lowest BCUT2D eigenvalue weighted by Crippen LogP contribution is -2.75. The van der Waals surface area contributed by atoms with Gasteiger partial charge in [0.25, 0.3) is 0 Å². The molecule has 22 heteroatoms. The lowest BCUT2D eigenvalue weighted by atomic mass is 9.91. The fourth-order valence-corrected chi connectivity index (χ4v) is 4.10. The van der Waals surface area contributed by atoms with Crippen molar-refractivity contribution in [2.45, 2.75) is 47.0 Å². The highest BCUT2D eigenvalue weighted by Crippen LogP contribution is 2.64. The van der Waals surface area contributed by atoms with Crippen LogP contribution in [0.4, 0.5) is 80.3 Å². The van der Waals surface area contributed by atoms with Gasteiger partial charge in [-0.1, -0.05) is 36.4 Å². The first-order chi connectivity index (χ1) is 18.5. The maximum Gasteiger partial charge on any atom is 0.460 e. The van der Waals surface area contributed by atoms with Crippen molar-refractivity contribution >= 4 is 15.7 Å². The predicted octanol–water partition coefficient (Wildman–Crippen LogP) is 7.77. The molecule has 0 aliphatic rings. The van der Waals surface area contributed by atoms with E-state index in [9.17, 15) is 88.2 Å². The Morgan fingerprint density at radius 3 is 1.29 bits per heavy atom. The molecule has 2 rings (SSSR count). The Balaban J connectivity index is 2.66. The van der Waals surface area contributed by atoms with Crippen molar-refractivity contribution in [3.63, 3.8) is 0 Å². The number of benzene rings is 2. The average molecular weight is 667 g/mol. The minimum Gasteiger partial charge on any atom is -0.507 e. The summed E-state index contributed by atoms with van der Waals surface area (Å²) in [5.41, 5.74) is -2.43. The fraction of sp³-hybridized carbons (Fsp3) is 0.400. The monoisotopic (exact) mass is 667 g/mol. The van der Waals surface area contributed by atoms with E-state index in [2.05, 4.69) is 0 Å². The highest BCUT2D eigenvalue weighted by molar-refractivity contribution is 7.93. The molecule has 4 nitrogen and oxygen atoms in total. The molecule has 0 saturated carbocycles. The van der Waals surface area contributed by atoms with Crippen LogP contribution in [0.3, 0.4) is 0 Å². The van der Waals surface area contributed by atoms with Gasteiger partial charge in [-0.15, -0.1) is 0 Å². The Morgan fingerprint density at radius 1 is 0.500 bits per heavy atom. The molecule has 0 radical (unpaired) electrons. The molecule has 0 atom stereocenters. The van der Waals surface area contributed by atoms with Crippen molar-refractivity contribution in [3.05, 3.63) is 48.5 Å². The quantitative estimate of drug-likeness (QED) is 0.255. The van der Waals surface area contributed by atoms with Crippen LogP contribution in [0.2, 0.25) is 0 Å². The topological polar surface area (TPSA) is 66.4 Å². The number of hydrogen-bond acceptors (Lipinski definition) is 3. The molecule has 0 unspecified atom stereocenters. The van der Waals surface area contributed by atoms with E-state index in [1.807, 2.05) is 0 Å². The van der Waals surface area contributed by atoms with Crippen LogP contribution < -0.4 is 4.72 Å². The second-order valence-electron chi connectivity index (χ2n) is 8.13. The van der Waals surface area contributed by atoms with Gasteiger partial charge in [0.1, 0.15) is 5.75 Å². The predicted molar refractivity (Wildman–Crippen MR) is 107 cm³/mol. The van der Waals surface area contributed by atoms with Crippen molar-refractivity contribution in [3.8, 4) is 16.9 Å². The first-order valence-electron chi connectivity index (χ1n) is 10.1. The zero-order valence-electron chi connectivity index (χ0n) is 19.2. The van der Waals surface area contributed by atoms with Gasteiger partial charge in [0.2, 0.25) is 0 Å². The standard InChI is InChI=1S/C20H10F17NO3S/c21-13(22,15(25,26)17(29,30)19(33,34)35)14(23,24)16(27,28)18(31,32)20(36,37)42(40,41)38-11-7-3-1-5-9(11)10-6-2-4-8-12(10)39/h1-8,38-39H. The van der Waals surface area contributed by atoms with Crippen LogP contribution in [0.15, 0.2) is 48.5 Å². The Bertz CT molecular complexity index is 1420. The van der Waals surface area contributed by atoms with Gasteiger partial charge in [-0.3, -0.25) is 4.72 Å². The van der Waals surface area contributed by atoms with E-state index < -0.39 is 79.6 Å². The van der Waals surface area contributed by atoms with E-state index in [-0.39, 0.29) is 0 Å². The third kappa shape index (κ3) is 4.74. The SMILES string of the molecule is O=S(=O)(Nc1ccccc1-c1ccccc1O)C(F)(F)C(F)(F)C(F)(F)C(F)(F)C(F)(F)C(F)(F)C(F)(F)C(F)(F)F. The smallest absolute Gasteiger partial charge is 0.460 e. The molecule has 238 valence electrons. The maximum atomic E-state index is 14.4. The Labute approximate surface area is 221 Å². The Morgan fingerprint density at radius 2 is 0.857 bits per heavy atom. The number of phenolic OH excluding ortho intramolecular Hbond substituents is 1. The van der Waals surface area contributed by atoms with Gasteiger partial charge < -0.3 is 5.11 Å². The zero-order chi connectivity index (χ0) is 33.2. The molecule has 2 aromatic carbocycles. The summed E-state index contributed by atoms with van der Waals surface area (Å²) < 4.78 is 254. The Kier molecular flexibility index (Phi) is 8.27. The van der Waals surface area contributed by atoms with Gasteiger partial charge in [0, 0.05) is 11.1 Å². The number of halogens is 17. The van der Waals surface area contributed by atoms with E-state index >= 15 is 0 Å². The van der Waals surface area contributed by atoms with Gasteiger partial charge >= 0.3 is 57.0 Å². The van der Waals surface area contributed by atoms with E-state index in [1.165, 1.54) is 0 Å². The van der Waals surface area contributed by atoms with Crippen molar-refractivity contribution in [2.24, 2.45) is 0 Å². The van der Waals surface area contributed by atoms with Gasteiger partial charge in [-0.05, 0) is 12.1 Å². The highest BCUT2D eigenvalue weighted by Gasteiger charge is 2.96. The first kappa shape index (κ1) is 35.0. The average Bonchev–Trinajstić information content (AvgIpc) is 2.83. The summed E-state index contributed by atoms with van der Waals surface area (Å²) in [5, 5.41) is 2.11. The van der Waals surface area contributed by atoms with Crippen LogP contribution in [0.25, 0.3) is 11.1 Å². The lowest BCUT2D eigenvalue weighted by Gasteiger charge is -2.42. The number of phenols is 1. The summed E-state index contributed by atoms with van der Waals surface area (Å²) >= 11 is 0. The molecule has 0 bridgehead atoms. The van der Waals surface area contributed by atoms with Gasteiger partial charge in [0.05, 0.1) is 5.69 Å². The van der Waals surface area contributed by atoms with Crippen molar-refractivity contribution < 1.29 is 88.2 Å². The zero-order valence-corrected chi connectivity index (χ0v) is 20.0. The van der Waals surface area contributed by atoms with Crippen molar-refractivity contribution in [1.82, 2.24) is 0 Å². The molecule has 2 aromatic rings. The number of rotatable bonds is 10. The summed E-state index contributed by atoms with van der Waals surface area (Å²) in [7, 11) is -7.58. The van der Waals surface area contributed by atoms with Crippen LogP contribution in [-0.4, -0.2) is 60.5 Å². The molecule has 2 N–H and O–H groups in total. The van der Waals surface area contributed by atoms with E-state index in [1.54, 1.807) is 0 Å². The van der Waals surface area contributed by atoms with E-state index in [4.69, 9.17) is 0 Å². The number of sulfonamides is 1. The van der Waals surface area contributed by atoms with Gasteiger partial charge in [-0.2, -0.15) is 83.1 Å².